The lowest BCUT2D eigenvalue weighted by molar-refractivity contribution is -0.0289. The zero-order chi connectivity index (χ0) is 38.5. The van der Waals surface area contributed by atoms with Gasteiger partial charge in [-0.3, -0.25) is 10.2 Å². The number of unbranched alkanes of at least 4 members (excludes halogenated alkanes) is 14. The van der Waals surface area contributed by atoms with Crippen LogP contribution in [0.1, 0.15) is 149 Å². The minimum atomic E-state index is -0.843. The highest BCUT2D eigenvalue weighted by Crippen LogP contribution is 2.25. The van der Waals surface area contributed by atoms with Gasteiger partial charge in [-0.1, -0.05) is 115 Å². The molecule has 3 amide bonds. The minimum absolute atomic E-state index is 0.349. The number of carbonyl (C=O) groups excluding carboxylic acids is 3. The van der Waals surface area contributed by atoms with Crippen LogP contribution in [0.4, 0.5) is 14.4 Å². The van der Waals surface area contributed by atoms with E-state index in [9.17, 15) is 14.4 Å². The Morgan fingerprint density at radius 3 is 1.98 bits per heavy atom. The first-order chi connectivity index (χ1) is 26.5. The third-order valence-electron chi connectivity index (χ3n) is 9.49. The number of hydrogen-bond donors (Lipinski definition) is 2. The van der Waals surface area contributed by atoms with Crippen molar-refractivity contribution in [2.24, 2.45) is 0 Å². The van der Waals surface area contributed by atoms with Gasteiger partial charge in [0, 0.05) is 25.9 Å². The van der Waals surface area contributed by atoms with Crippen molar-refractivity contribution >= 4 is 18.3 Å². The molecule has 0 saturated carbocycles. The monoisotopic (exact) mass is 749 g/mol. The Kier molecular flexibility index (Phi) is 23.1. The Morgan fingerprint density at radius 2 is 1.30 bits per heavy atom. The smallest absolute Gasteiger partial charge is 0.418 e. The molecule has 1 saturated heterocycles. The van der Waals surface area contributed by atoms with Gasteiger partial charge in [-0.25, -0.2) is 14.4 Å². The molecule has 300 valence electrons. The van der Waals surface area contributed by atoms with E-state index in [1.165, 1.54) is 69.1 Å². The zero-order valence-electron chi connectivity index (χ0n) is 33.1. The molecule has 1 fully saturated rings. The summed E-state index contributed by atoms with van der Waals surface area (Å²) in [7, 11) is 0. The maximum Gasteiger partial charge on any atom is 0.418 e. The molecular weight excluding hydrogens is 682 g/mol. The van der Waals surface area contributed by atoms with E-state index in [-0.39, 0.29) is 0 Å². The summed E-state index contributed by atoms with van der Waals surface area (Å²) in [4.78, 5) is 40.2. The number of hydrogen-bond acceptors (Lipinski definition) is 7. The molecule has 2 atom stereocenters. The first kappa shape index (κ1) is 44.2. The Bertz CT molecular complexity index is 1320. The van der Waals surface area contributed by atoms with E-state index in [0.717, 1.165) is 57.8 Å². The first-order valence-corrected chi connectivity index (χ1v) is 20.9. The molecule has 3 rings (SSSR count). The van der Waals surface area contributed by atoms with Gasteiger partial charge in [-0.05, 0) is 87.8 Å². The molecule has 1 heterocycles. The predicted octanol–water partition coefficient (Wildman–Crippen LogP) is 12.2. The Hall–Kier alpha value is -4.21. The molecule has 54 heavy (non-hydrogen) atoms. The van der Waals surface area contributed by atoms with Gasteiger partial charge in [-0.15, -0.1) is 0 Å². The van der Waals surface area contributed by atoms with Crippen LogP contribution in [0, 0.1) is 0 Å². The third-order valence-corrected chi connectivity index (χ3v) is 9.49. The average molecular weight is 750 g/mol. The third kappa shape index (κ3) is 19.7. The van der Waals surface area contributed by atoms with Crippen LogP contribution in [0.15, 0.2) is 66.7 Å². The van der Waals surface area contributed by atoms with Crippen LogP contribution in [0.25, 0.3) is 0 Å². The molecule has 1 aliphatic heterocycles. The summed E-state index contributed by atoms with van der Waals surface area (Å²) in [5.41, 5.74) is 0. The van der Waals surface area contributed by atoms with E-state index >= 15 is 0 Å². The number of amides is 3. The topological polar surface area (TPSA) is 115 Å². The summed E-state index contributed by atoms with van der Waals surface area (Å²) >= 11 is 0. The number of nitrogens with one attached hydrogen (secondary N) is 2. The van der Waals surface area contributed by atoms with E-state index in [1.807, 2.05) is 30.3 Å². The van der Waals surface area contributed by atoms with Crippen molar-refractivity contribution in [1.29, 1.82) is 0 Å². The van der Waals surface area contributed by atoms with Crippen LogP contribution in [-0.4, -0.2) is 48.7 Å². The number of allylic oxidation sites excluding steroid dienone is 2. The zero-order valence-corrected chi connectivity index (χ0v) is 33.1. The van der Waals surface area contributed by atoms with Crippen LogP contribution >= 0.6 is 0 Å². The number of carbonyl (C=O) groups is 3. The number of rotatable bonds is 26. The Balaban J connectivity index is 1.32. The van der Waals surface area contributed by atoms with Gasteiger partial charge in [0.05, 0.1) is 0 Å². The van der Waals surface area contributed by atoms with E-state index in [1.54, 1.807) is 24.3 Å². The number of para-hydroxylation sites is 1. The van der Waals surface area contributed by atoms with Crippen molar-refractivity contribution in [3.05, 3.63) is 66.7 Å². The van der Waals surface area contributed by atoms with Crippen molar-refractivity contribution in [2.45, 2.75) is 161 Å². The number of nitrogens with zero attached hydrogens (tertiary/aromatic N) is 1. The van der Waals surface area contributed by atoms with E-state index < -0.39 is 30.7 Å². The van der Waals surface area contributed by atoms with Crippen molar-refractivity contribution in [2.75, 3.05) is 13.1 Å². The highest BCUT2D eigenvalue weighted by atomic mass is 16.6. The molecule has 2 N–H and O–H groups in total. The number of benzene rings is 2. The molecule has 0 aliphatic carbocycles. The fraction of sp³-hybridized carbons (Fsp3) is 0.614. The Morgan fingerprint density at radius 1 is 0.704 bits per heavy atom. The second kappa shape index (κ2) is 28.3. The highest BCUT2D eigenvalue weighted by molar-refractivity contribution is 5.73. The molecule has 2 aromatic carbocycles. The molecule has 2 unspecified atom stereocenters. The summed E-state index contributed by atoms with van der Waals surface area (Å²) in [5, 5.41) is 5.53. The van der Waals surface area contributed by atoms with Crippen molar-refractivity contribution in [3.63, 3.8) is 0 Å². The lowest BCUT2D eigenvalue weighted by atomic mass is 10.1. The maximum atomic E-state index is 13.2. The van der Waals surface area contributed by atoms with Gasteiger partial charge in [0.25, 0.3) is 0 Å². The number of alkyl carbamates (subject to hydrolysis) is 2. The molecular formula is C44H67N3O7. The fourth-order valence-corrected chi connectivity index (χ4v) is 6.36. The molecule has 2 aromatic rings. The van der Waals surface area contributed by atoms with Gasteiger partial charge in [0.2, 0.25) is 0 Å². The van der Waals surface area contributed by atoms with Crippen molar-refractivity contribution < 1.29 is 33.3 Å². The van der Waals surface area contributed by atoms with Crippen LogP contribution in [0.5, 0.6) is 17.2 Å². The van der Waals surface area contributed by atoms with Crippen molar-refractivity contribution in [3.8, 4) is 17.2 Å². The molecule has 0 spiro atoms. The van der Waals surface area contributed by atoms with E-state index in [0.29, 0.717) is 43.2 Å². The maximum absolute atomic E-state index is 13.2. The minimum Gasteiger partial charge on any atom is -0.457 e. The summed E-state index contributed by atoms with van der Waals surface area (Å²) in [6, 6.07) is 16.2. The second-order valence-electron chi connectivity index (χ2n) is 14.2. The van der Waals surface area contributed by atoms with Crippen LogP contribution in [0.2, 0.25) is 0 Å². The van der Waals surface area contributed by atoms with Gasteiger partial charge >= 0.3 is 18.3 Å². The van der Waals surface area contributed by atoms with Gasteiger partial charge in [0.15, 0.2) is 12.5 Å². The summed E-state index contributed by atoms with van der Waals surface area (Å²) < 4.78 is 22.7. The van der Waals surface area contributed by atoms with E-state index in [4.69, 9.17) is 18.9 Å². The molecule has 0 bridgehead atoms. The lowest BCUT2D eigenvalue weighted by Gasteiger charge is -2.34. The Labute approximate surface area is 324 Å². The summed E-state index contributed by atoms with van der Waals surface area (Å²) in [6.45, 7) is 5.26. The summed E-state index contributed by atoms with van der Waals surface area (Å²) in [6.07, 6.45) is 23.6. The highest BCUT2D eigenvalue weighted by Gasteiger charge is 2.32. The summed E-state index contributed by atoms with van der Waals surface area (Å²) in [5.74, 6) is 1.66. The standard InChI is InChI=1S/C44H67N3O7/c1-3-5-7-8-9-10-11-12-13-14-15-16-17-18-19-25-35-45-42(48)53-40(29-21-6-4-2)46-43(49)54-41-30-24-26-36-47(41)44(50)52-39-33-31-38(32-34-39)51-37-27-22-20-23-28-37/h12-13,20,22-23,27-28,31-34,40-41H,3-11,14-19,21,24-26,29-30,35-36H2,1-2H3,(H,45,48)(H,46,49)/b13-12+. The first-order valence-electron chi connectivity index (χ1n) is 20.9. The second-order valence-corrected chi connectivity index (χ2v) is 14.2. The number of ether oxygens (including phenoxy) is 4. The quantitative estimate of drug-likeness (QED) is 0.0559. The fourth-order valence-electron chi connectivity index (χ4n) is 6.36. The predicted molar refractivity (Wildman–Crippen MR) is 215 cm³/mol. The lowest BCUT2D eigenvalue weighted by Crippen LogP contribution is -2.50. The molecule has 0 radical (unpaired) electrons. The largest absolute Gasteiger partial charge is 0.457 e. The van der Waals surface area contributed by atoms with Crippen LogP contribution in [0.3, 0.4) is 0 Å². The average Bonchev–Trinajstić information content (AvgIpc) is 3.17. The van der Waals surface area contributed by atoms with Gasteiger partial charge in [-0.2, -0.15) is 0 Å². The molecule has 0 aromatic heterocycles. The van der Waals surface area contributed by atoms with Crippen LogP contribution in [-0.2, 0) is 9.47 Å². The molecule has 10 nitrogen and oxygen atoms in total. The number of piperidine rings is 1. The van der Waals surface area contributed by atoms with E-state index in [2.05, 4.69) is 36.6 Å². The van der Waals surface area contributed by atoms with Crippen molar-refractivity contribution in [1.82, 2.24) is 15.5 Å². The van der Waals surface area contributed by atoms with Gasteiger partial charge in [0.1, 0.15) is 17.2 Å². The van der Waals surface area contributed by atoms with Crippen LogP contribution < -0.4 is 20.1 Å². The molecule has 1 aliphatic rings. The van der Waals surface area contributed by atoms with Gasteiger partial charge < -0.3 is 24.3 Å². The normalized spacial score (nSPS) is 14.7. The SMILES string of the molecule is CCCCCCCC/C=C/CCCCCCCCNC(=O)OC(CCCCC)NC(=O)OC1CCCCN1C(=O)Oc1ccc(Oc2ccccc2)cc1. The number of likely N-dealkylation sites (tertiary alicyclic amines) is 1. The molecule has 10 heteroatoms.